The highest BCUT2D eigenvalue weighted by molar-refractivity contribution is 6.07. The summed E-state index contributed by atoms with van der Waals surface area (Å²) < 4.78 is 16.1. The van der Waals surface area contributed by atoms with Gasteiger partial charge < -0.3 is 13.9 Å². The van der Waals surface area contributed by atoms with Crippen molar-refractivity contribution >= 4 is 34.7 Å². The number of hydrogen-bond acceptors (Lipinski definition) is 7. The van der Waals surface area contributed by atoms with Gasteiger partial charge in [0.2, 0.25) is 17.6 Å². The number of para-hydroxylation sites is 1. The van der Waals surface area contributed by atoms with Crippen molar-refractivity contribution in [2.45, 2.75) is 52.2 Å². The first-order valence-corrected chi connectivity index (χ1v) is 10.6. The first-order valence-electron chi connectivity index (χ1n) is 10.6. The minimum Gasteiger partial charge on any atom is -0.460 e. The van der Waals surface area contributed by atoms with Crippen LogP contribution >= 0.6 is 0 Å². The van der Waals surface area contributed by atoms with Crippen molar-refractivity contribution in [1.29, 1.82) is 0 Å². The number of rotatable bonds is 6. The van der Waals surface area contributed by atoms with E-state index < -0.39 is 18.0 Å². The average Bonchev–Trinajstić information content (AvgIpc) is 3.27. The summed E-state index contributed by atoms with van der Waals surface area (Å²) in [6, 6.07) is 5.98. The molecule has 4 rings (SSSR count). The topological polar surface area (TPSA) is 103 Å². The smallest absolute Gasteiger partial charge is 0.374 e. The zero-order valence-electron chi connectivity index (χ0n) is 17.6. The molecule has 0 bridgehead atoms. The van der Waals surface area contributed by atoms with Crippen molar-refractivity contribution < 1.29 is 33.1 Å². The van der Waals surface area contributed by atoms with E-state index in [1.165, 1.54) is 6.92 Å². The number of benzene rings is 1. The molecule has 31 heavy (non-hydrogen) atoms. The molecule has 2 heterocycles. The van der Waals surface area contributed by atoms with E-state index in [2.05, 4.69) is 0 Å². The Bertz CT molecular complexity index is 1020. The molecule has 1 aromatic heterocycles. The second-order valence-corrected chi connectivity index (χ2v) is 7.95. The third-order valence-corrected chi connectivity index (χ3v) is 6.12. The number of nitrogens with zero attached hydrogens (tertiary/aromatic N) is 1. The van der Waals surface area contributed by atoms with Crippen LogP contribution in [0.15, 0.2) is 28.7 Å². The van der Waals surface area contributed by atoms with E-state index in [4.69, 9.17) is 13.9 Å². The summed E-state index contributed by atoms with van der Waals surface area (Å²) >= 11 is 0. The minimum absolute atomic E-state index is 0.0251. The molecule has 2 amide bonds. The number of furan rings is 1. The van der Waals surface area contributed by atoms with Crippen molar-refractivity contribution in [1.82, 2.24) is 4.90 Å². The molecule has 0 radical (unpaired) electrons. The van der Waals surface area contributed by atoms with Crippen molar-refractivity contribution in [3.8, 4) is 0 Å². The van der Waals surface area contributed by atoms with E-state index in [1.807, 2.05) is 0 Å². The summed E-state index contributed by atoms with van der Waals surface area (Å²) in [6.45, 7) is 3.11. The van der Waals surface area contributed by atoms with E-state index in [0.717, 1.165) is 17.7 Å². The van der Waals surface area contributed by atoms with Gasteiger partial charge in [-0.3, -0.25) is 14.5 Å². The largest absolute Gasteiger partial charge is 0.460 e. The number of fused-ring (bicyclic) bond motifs is 2. The quantitative estimate of drug-likeness (QED) is 0.515. The summed E-state index contributed by atoms with van der Waals surface area (Å²) in [5, 5.41) is 0.630. The number of imide groups is 1. The lowest BCUT2D eigenvalue weighted by atomic mass is 9.81. The van der Waals surface area contributed by atoms with E-state index in [-0.39, 0.29) is 42.6 Å². The fourth-order valence-corrected chi connectivity index (χ4v) is 4.54. The van der Waals surface area contributed by atoms with Crippen LogP contribution in [0.4, 0.5) is 0 Å². The van der Waals surface area contributed by atoms with Gasteiger partial charge in [-0.15, -0.1) is 0 Å². The Morgan fingerprint density at radius 3 is 2.39 bits per heavy atom. The van der Waals surface area contributed by atoms with E-state index in [0.29, 0.717) is 29.4 Å². The normalized spacial score (nSPS) is 21.8. The van der Waals surface area contributed by atoms with Gasteiger partial charge in [0.05, 0.1) is 24.0 Å². The third kappa shape index (κ3) is 3.71. The van der Waals surface area contributed by atoms with Gasteiger partial charge in [0.1, 0.15) is 18.2 Å². The lowest BCUT2D eigenvalue weighted by Crippen LogP contribution is -2.44. The molecule has 164 valence electrons. The van der Waals surface area contributed by atoms with Gasteiger partial charge in [0.25, 0.3) is 0 Å². The van der Waals surface area contributed by atoms with Gasteiger partial charge >= 0.3 is 11.9 Å². The Morgan fingerprint density at radius 2 is 1.74 bits per heavy atom. The Morgan fingerprint density at radius 1 is 1.10 bits per heavy atom. The fourth-order valence-electron chi connectivity index (χ4n) is 4.54. The molecular formula is C23H25NO7. The molecule has 1 aromatic carbocycles. The van der Waals surface area contributed by atoms with E-state index >= 15 is 0 Å². The van der Waals surface area contributed by atoms with Crippen LogP contribution in [-0.2, 0) is 30.5 Å². The number of esters is 2. The third-order valence-electron chi connectivity index (χ3n) is 6.12. The molecule has 0 spiro atoms. The van der Waals surface area contributed by atoms with Crippen LogP contribution in [-0.4, -0.2) is 41.3 Å². The monoisotopic (exact) mass is 427 g/mol. The summed E-state index contributed by atoms with van der Waals surface area (Å²) in [4.78, 5) is 51.6. The fraction of sp³-hybridized carbons (Fsp3) is 0.478. The van der Waals surface area contributed by atoms with Gasteiger partial charge in [-0.25, -0.2) is 9.59 Å². The molecule has 8 nitrogen and oxygen atoms in total. The number of carbonyl (C=O) groups excluding carboxylic acids is 4. The Hall–Kier alpha value is -3.16. The molecule has 2 aromatic rings. The van der Waals surface area contributed by atoms with Gasteiger partial charge in [-0.05, 0) is 32.8 Å². The lowest BCUT2D eigenvalue weighted by molar-refractivity contribution is -0.159. The molecule has 2 fully saturated rings. The molecule has 0 N–H and O–H groups in total. The average molecular weight is 427 g/mol. The minimum atomic E-state index is -1.03. The molecule has 2 aliphatic rings. The summed E-state index contributed by atoms with van der Waals surface area (Å²) in [7, 11) is 0. The Labute approximate surface area is 179 Å². The van der Waals surface area contributed by atoms with Crippen LogP contribution in [0.25, 0.3) is 11.0 Å². The zero-order chi connectivity index (χ0) is 22.1. The summed E-state index contributed by atoms with van der Waals surface area (Å²) in [5.74, 6) is -2.62. The number of hydrogen-bond donors (Lipinski definition) is 0. The first kappa shape index (κ1) is 21.1. The molecular weight excluding hydrogens is 402 g/mol. The molecule has 1 aliphatic carbocycles. The molecule has 1 saturated heterocycles. The first-order chi connectivity index (χ1) is 14.9. The van der Waals surface area contributed by atoms with Gasteiger partial charge in [-0.1, -0.05) is 31.0 Å². The van der Waals surface area contributed by atoms with Crippen molar-refractivity contribution in [2.24, 2.45) is 11.8 Å². The molecule has 0 unspecified atom stereocenters. The van der Waals surface area contributed by atoms with Gasteiger partial charge in [0.15, 0.2) is 0 Å². The predicted molar refractivity (Wildman–Crippen MR) is 109 cm³/mol. The standard InChI is InChI=1S/C23H25NO7/c1-3-29-23(28)19-17(14-8-6-7-11-18(14)31-19)12-30-22(27)13(2)24-20(25)15-9-4-5-10-16(15)21(24)26/h6-8,11,13,15-16H,3-5,9-10,12H2,1-2H3/t13-,15-,16+/m1/s1. The van der Waals surface area contributed by atoms with E-state index in [9.17, 15) is 19.2 Å². The van der Waals surface area contributed by atoms with Crippen LogP contribution in [0.1, 0.15) is 55.6 Å². The van der Waals surface area contributed by atoms with Gasteiger partial charge in [0, 0.05) is 5.39 Å². The van der Waals surface area contributed by atoms with Crippen LogP contribution in [0.5, 0.6) is 0 Å². The Kier molecular flexibility index (Phi) is 5.80. The number of ether oxygens (including phenoxy) is 2. The SMILES string of the molecule is CCOC(=O)c1oc2ccccc2c1COC(=O)[C@@H](C)N1C(=O)[C@H]2CCCC[C@H]2C1=O. The number of likely N-dealkylation sites (tertiary alicyclic amines) is 1. The second-order valence-electron chi connectivity index (χ2n) is 7.95. The van der Waals surface area contributed by atoms with Crippen LogP contribution in [0.2, 0.25) is 0 Å². The van der Waals surface area contributed by atoms with Crippen molar-refractivity contribution in [3.63, 3.8) is 0 Å². The maximum absolute atomic E-state index is 12.7. The van der Waals surface area contributed by atoms with Crippen LogP contribution < -0.4 is 0 Å². The maximum atomic E-state index is 12.7. The summed E-state index contributed by atoms with van der Waals surface area (Å²) in [5.41, 5.74) is 0.862. The molecule has 8 heteroatoms. The number of amides is 2. The van der Waals surface area contributed by atoms with Crippen molar-refractivity contribution in [3.05, 3.63) is 35.6 Å². The Balaban J connectivity index is 1.52. The highest BCUT2D eigenvalue weighted by atomic mass is 16.5. The highest BCUT2D eigenvalue weighted by Gasteiger charge is 2.51. The van der Waals surface area contributed by atoms with E-state index in [1.54, 1.807) is 31.2 Å². The zero-order valence-corrected chi connectivity index (χ0v) is 17.6. The highest BCUT2D eigenvalue weighted by Crippen LogP contribution is 2.39. The number of carbonyl (C=O) groups is 4. The maximum Gasteiger partial charge on any atom is 0.374 e. The van der Waals surface area contributed by atoms with Crippen LogP contribution in [0.3, 0.4) is 0 Å². The predicted octanol–water partition coefficient (Wildman–Crippen LogP) is 3.22. The van der Waals surface area contributed by atoms with Gasteiger partial charge in [-0.2, -0.15) is 0 Å². The molecule has 1 saturated carbocycles. The molecule has 1 aliphatic heterocycles. The van der Waals surface area contributed by atoms with Crippen molar-refractivity contribution in [2.75, 3.05) is 6.61 Å². The second kappa shape index (κ2) is 8.53. The molecule has 3 atom stereocenters. The lowest BCUT2D eigenvalue weighted by Gasteiger charge is -2.21. The summed E-state index contributed by atoms with van der Waals surface area (Å²) in [6.07, 6.45) is 3.18. The van der Waals surface area contributed by atoms with Crippen LogP contribution in [0, 0.1) is 11.8 Å².